The van der Waals surface area contributed by atoms with Crippen molar-refractivity contribution in [3.8, 4) is 0 Å². The Morgan fingerprint density at radius 1 is 1.17 bits per heavy atom. The molecule has 1 heterocycles. The summed E-state index contributed by atoms with van der Waals surface area (Å²) >= 11 is 4.55. The fourth-order valence-corrected chi connectivity index (χ4v) is 7.49. The molecule has 0 aliphatic heterocycles. The van der Waals surface area contributed by atoms with Crippen LogP contribution in [0.2, 0.25) is 0 Å². The van der Waals surface area contributed by atoms with E-state index in [9.17, 15) is 0 Å². The molecule has 1 aliphatic carbocycles. The Kier molecular flexibility index (Phi) is 8.70. The molecular weight excluding hydrogens is 479 g/mol. The van der Waals surface area contributed by atoms with Crippen LogP contribution < -0.4 is 5.32 Å². The number of rotatable bonds is 10. The molecule has 1 aliphatic rings. The summed E-state index contributed by atoms with van der Waals surface area (Å²) in [7, 11) is -2.34. The van der Waals surface area contributed by atoms with E-state index in [2.05, 4.69) is 21.2 Å². The van der Waals surface area contributed by atoms with Crippen LogP contribution in [0.3, 0.4) is 0 Å². The van der Waals surface area contributed by atoms with Crippen LogP contribution in [0.15, 0.2) is 22.7 Å². The van der Waals surface area contributed by atoms with E-state index in [1.54, 1.807) is 13.8 Å². The number of nitrogens with one attached hydrogen (secondary N) is 1. The zero-order chi connectivity index (χ0) is 20.9. The predicted molar refractivity (Wildman–Crippen MR) is 123 cm³/mol. The monoisotopic (exact) mass is 507 g/mol. The van der Waals surface area contributed by atoms with Gasteiger partial charge < -0.3 is 14.4 Å². The Hall–Kier alpha value is -0.330. The lowest BCUT2D eigenvalue weighted by atomic mass is 9.87. The molecule has 1 N–H and O–H groups in total. The number of benzene rings is 1. The fraction of sp³-hybridized carbons (Fsp3) is 0.619. The minimum absolute atomic E-state index is 0.0259. The van der Waals surface area contributed by atoms with Gasteiger partial charge in [0.2, 0.25) is 0 Å². The molecule has 0 amide bonds. The number of thiophene rings is 1. The normalized spacial score (nSPS) is 16.1. The quantitative estimate of drug-likeness (QED) is 0.327. The predicted octanol–water partition coefficient (Wildman–Crippen LogP) is 8.48. The van der Waals surface area contributed by atoms with Gasteiger partial charge in [0.25, 0.3) is 8.38 Å². The lowest BCUT2D eigenvalue weighted by Gasteiger charge is -2.24. The van der Waals surface area contributed by atoms with Crippen LogP contribution in [0.1, 0.15) is 57.2 Å². The van der Waals surface area contributed by atoms with Crippen LogP contribution in [-0.2, 0) is 14.7 Å². The molecular formula is C21H29BrF2NO2PS. The summed E-state index contributed by atoms with van der Waals surface area (Å²) in [5, 5.41) is 4.30. The highest BCUT2D eigenvalue weighted by Crippen LogP contribution is 2.63. The van der Waals surface area contributed by atoms with Crippen molar-refractivity contribution in [2.24, 2.45) is 5.92 Å². The third-order valence-electron chi connectivity index (χ3n) is 5.24. The lowest BCUT2D eigenvalue weighted by Crippen LogP contribution is -2.13. The average molecular weight is 508 g/mol. The van der Waals surface area contributed by atoms with Crippen molar-refractivity contribution in [1.29, 1.82) is 0 Å². The van der Waals surface area contributed by atoms with Crippen molar-refractivity contribution >= 4 is 51.4 Å². The molecule has 162 valence electrons. The molecule has 2 aromatic rings. The van der Waals surface area contributed by atoms with Crippen molar-refractivity contribution in [2.75, 3.05) is 25.1 Å². The standard InChI is InChI=1S/C21H29BrF2NO2PS/c1-3-26-28(27-4-2)21(23,24)20-18(22)16-11-8-12-17(19(16)29-20)25-14-13-15-9-6-5-7-10-15/h8,11-12,15,25H,3-7,9-10,13-14H2,1-2H3. The molecule has 0 unspecified atom stereocenters. The molecule has 8 heteroatoms. The van der Waals surface area contributed by atoms with E-state index in [1.807, 2.05) is 18.2 Å². The summed E-state index contributed by atoms with van der Waals surface area (Å²) in [5.74, 6) is 0.784. The second kappa shape index (κ2) is 10.8. The first-order valence-corrected chi connectivity index (χ1v) is 13.2. The molecule has 0 radical (unpaired) electrons. The summed E-state index contributed by atoms with van der Waals surface area (Å²) in [6.45, 7) is 4.67. The highest BCUT2D eigenvalue weighted by atomic mass is 79.9. The lowest BCUT2D eigenvalue weighted by molar-refractivity contribution is 0.0600. The van der Waals surface area contributed by atoms with E-state index < -0.39 is 14.0 Å². The third-order valence-corrected chi connectivity index (χ3v) is 9.46. The number of fused-ring (bicyclic) bond motifs is 1. The first-order chi connectivity index (χ1) is 14.0. The van der Waals surface area contributed by atoms with Crippen LogP contribution in [0.5, 0.6) is 0 Å². The Bertz CT molecular complexity index is 792. The van der Waals surface area contributed by atoms with Crippen molar-refractivity contribution in [1.82, 2.24) is 0 Å². The molecule has 1 saturated carbocycles. The third kappa shape index (κ3) is 5.48. The number of alkyl halides is 2. The van der Waals surface area contributed by atoms with Gasteiger partial charge in [0.05, 0.1) is 28.5 Å². The van der Waals surface area contributed by atoms with Crippen molar-refractivity contribution in [3.63, 3.8) is 0 Å². The van der Waals surface area contributed by atoms with Gasteiger partial charge in [-0.1, -0.05) is 44.2 Å². The van der Waals surface area contributed by atoms with E-state index in [4.69, 9.17) is 9.05 Å². The van der Waals surface area contributed by atoms with Gasteiger partial charge >= 0.3 is 5.66 Å². The Morgan fingerprint density at radius 2 is 1.86 bits per heavy atom. The maximum absolute atomic E-state index is 15.3. The number of hydrogen-bond donors (Lipinski definition) is 1. The average Bonchev–Trinajstić information content (AvgIpc) is 3.07. The van der Waals surface area contributed by atoms with Gasteiger partial charge in [-0.3, -0.25) is 0 Å². The summed E-state index contributed by atoms with van der Waals surface area (Å²) in [6.07, 6.45) is 7.77. The van der Waals surface area contributed by atoms with E-state index in [0.29, 0.717) is 4.47 Å². The molecule has 1 fully saturated rings. The molecule has 3 rings (SSSR count). The highest BCUT2D eigenvalue weighted by molar-refractivity contribution is 9.10. The van der Waals surface area contributed by atoms with Gasteiger partial charge in [0.15, 0.2) is 0 Å². The molecule has 0 bridgehead atoms. The van der Waals surface area contributed by atoms with Gasteiger partial charge in [-0.05, 0) is 48.2 Å². The Balaban J connectivity index is 1.81. The zero-order valence-electron chi connectivity index (χ0n) is 17.0. The summed E-state index contributed by atoms with van der Waals surface area (Å²) in [5.41, 5.74) is -2.26. The van der Waals surface area contributed by atoms with Crippen LogP contribution >= 0.6 is 35.6 Å². The molecule has 0 saturated heterocycles. The van der Waals surface area contributed by atoms with E-state index in [-0.39, 0.29) is 18.1 Å². The summed E-state index contributed by atoms with van der Waals surface area (Å²) in [4.78, 5) is -0.0259. The fourth-order valence-electron chi connectivity index (χ4n) is 3.83. The van der Waals surface area contributed by atoms with Gasteiger partial charge in [-0.15, -0.1) is 11.3 Å². The second-order valence-corrected chi connectivity index (χ2v) is 10.7. The molecule has 1 aromatic heterocycles. The number of hydrogen-bond acceptors (Lipinski definition) is 4. The smallest absolute Gasteiger partial charge is 0.349 e. The second-order valence-electron chi connectivity index (χ2n) is 7.28. The van der Waals surface area contributed by atoms with Crippen LogP contribution in [-0.4, -0.2) is 19.8 Å². The first-order valence-electron chi connectivity index (χ1n) is 10.4. The van der Waals surface area contributed by atoms with Crippen LogP contribution in [0, 0.1) is 5.92 Å². The maximum Gasteiger partial charge on any atom is 0.349 e. The number of anilines is 1. The largest absolute Gasteiger partial charge is 0.384 e. The molecule has 0 atom stereocenters. The van der Waals surface area contributed by atoms with Gasteiger partial charge in [0.1, 0.15) is 0 Å². The topological polar surface area (TPSA) is 30.5 Å². The minimum atomic E-state index is -3.18. The SMILES string of the molecule is CCOP(OCC)C(F)(F)c1sc2c(NCCC3CCCCC3)cccc2c1Br. The highest BCUT2D eigenvalue weighted by Gasteiger charge is 2.48. The van der Waals surface area contributed by atoms with Crippen LogP contribution in [0.4, 0.5) is 14.5 Å². The Morgan fingerprint density at radius 3 is 2.52 bits per heavy atom. The van der Waals surface area contributed by atoms with Crippen molar-refractivity contribution in [3.05, 3.63) is 27.5 Å². The van der Waals surface area contributed by atoms with Gasteiger partial charge in [-0.25, -0.2) is 0 Å². The summed E-state index contributed by atoms with van der Waals surface area (Å²) < 4.78 is 42.4. The molecule has 0 spiro atoms. The molecule has 29 heavy (non-hydrogen) atoms. The van der Waals surface area contributed by atoms with Crippen LogP contribution in [0.25, 0.3) is 10.1 Å². The maximum atomic E-state index is 15.3. The Labute approximate surface area is 185 Å². The van der Waals surface area contributed by atoms with Gasteiger partial charge in [0, 0.05) is 16.4 Å². The number of halogens is 3. The first kappa shape index (κ1) is 23.3. The summed E-state index contributed by atoms with van der Waals surface area (Å²) in [6, 6.07) is 5.77. The molecule has 1 aromatic carbocycles. The van der Waals surface area contributed by atoms with E-state index in [1.165, 1.54) is 32.1 Å². The van der Waals surface area contributed by atoms with Crippen molar-refractivity contribution < 1.29 is 17.8 Å². The zero-order valence-corrected chi connectivity index (χ0v) is 20.3. The van der Waals surface area contributed by atoms with E-state index in [0.717, 1.165) is 46.0 Å². The van der Waals surface area contributed by atoms with Gasteiger partial charge in [-0.2, -0.15) is 8.78 Å². The van der Waals surface area contributed by atoms with E-state index >= 15 is 8.78 Å². The molecule has 3 nitrogen and oxygen atoms in total. The minimum Gasteiger partial charge on any atom is -0.384 e. The van der Waals surface area contributed by atoms with Crippen molar-refractivity contribution in [2.45, 2.75) is 58.0 Å².